The van der Waals surface area contributed by atoms with Crippen LogP contribution in [-0.2, 0) is 4.74 Å². The first-order valence-electron chi connectivity index (χ1n) is 6.25. The van der Waals surface area contributed by atoms with Gasteiger partial charge in [0.25, 0.3) is 0 Å². The van der Waals surface area contributed by atoms with Gasteiger partial charge in [-0.1, -0.05) is 0 Å². The highest BCUT2D eigenvalue weighted by Gasteiger charge is 2.34. The van der Waals surface area contributed by atoms with Crippen LogP contribution in [0, 0.1) is 35.0 Å². The van der Waals surface area contributed by atoms with Gasteiger partial charge < -0.3 is 10.1 Å². The maximum atomic E-state index is 13.8. The minimum atomic E-state index is -2.13. The van der Waals surface area contributed by atoms with Gasteiger partial charge in [0.05, 0.1) is 0 Å². The van der Waals surface area contributed by atoms with E-state index in [-0.39, 0.29) is 5.92 Å². The van der Waals surface area contributed by atoms with Crippen LogP contribution >= 0.6 is 0 Å². The maximum Gasteiger partial charge on any atom is 0.200 e. The van der Waals surface area contributed by atoms with Crippen molar-refractivity contribution in [2.24, 2.45) is 5.92 Å². The van der Waals surface area contributed by atoms with Crippen LogP contribution < -0.4 is 5.32 Å². The fourth-order valence-electron chi connectivity index (χ4n) is 2.56. The minimum Gasteiger partial charge on any atom is -0.381 e. The van der Waals surface area contributed by atoms with E-state index in [9.17, 15) is 22.0 Å². The number of ether oxygens (including phenoxy) is 1. The zero-order valence-corrected chi connectivity index (χ0v) is 10.8. The molecule has 0 amide bonds. The summed E-state index contributed by atoms with van der Waals surface area (Å²) in [5, 5.41) is 2.65. The van der Waals surface area contributed by atoms with E-state index in [0.717, 1.165) is 0 Å². The van der Waals surface area contributed by atoms with Crippen molar-refractivity contribution in [3.05, 3.63) is 34.6 Å². The van der Waals surface area contributed by atoms with Gasteiger partial charge in [0.15, 0.2) is 23.3 Å². The third-order valence-electron chi connectivity index (χ3n) is 3.60. The molecule has 1 aromatic carbocycles. The van der Waals surface area contributed by atoms with E-state index < -0.39 is 40.7 Å². The Bertz CT molecular complexity index is 473. The molecular weight excluding hydrogens is 281 g/mol. The molecule has 1 unspecified atom stereocenters. The molecule has 1 saturated heterocycles. The molecule has 0 radical (unpaired) electrons. The minimum absolute atomic E-state index is 0.248. The van der Waals surface area contributed by atoms with Crippen LogP contribution in [0.4, 0.5) is 22.0 Å². The third kappa shape index (κ3) is 2.52. The second kappa shape index (κ2) is 6.05. The van der Waals surface area contributed by atoms with Crippen LogP contribution in [0.5, 0.6) is 0 Å². The van der Waals surface area contributed by atoms with E-state index in [1.54, 1.807) is 0 Å². The quantitative estimate of drug-likeness (QED) is 0.526. The summed E-state index contributed by atoms with van der Waals surface area (Å²) in [6.45, 7) is 0.802. The number of hydrogen-bond donors (Lipinski definition) is 1. The van der Waals surface area contributed by atoms with Gasteiger partial charge >= 0.3 is 0 Å². The molecule has 7 heteroatoms. The summed E-state index contributed by atoms with van der Waals surface area (Å²) in [6, 6.07) is -0.941. The lowest BCUT2D eigenvalue weighted by Gasteiger charge is -2.31. The predicted octanol–water partition coefficient (Wildman–Crippen LogP) is 3.07. The largest absolute Gasteiger partial charge is 0.381 e. The fourth-order valence-corrected chi connectivity index (χ4v) is 2.56. The molecule has 1 N–H and O–H groups in total. The molecular formula is C13H14F5NO. The van der Waals surface area contributed by atoms with Gasteiger partial charge in [-0.2, -0.15) is 0 Å². The summed E-state index contributed by atoms with van der Waals surface area (Å²) in [7, 11) is 1.43. The SMILES string of the molecule is CNC(c1c(F)c(F)c(F)c(F)c1F)C1CCOCC1. The number of nitrogens with one attached hydrogen (secondary N) is 1. The lowest BCUT2D eigenvalue weighted by atomic mass is 9.86. The van der Waals surface area contributed by atoms with Crippen molar-refractivity contribution < 1.29 is 26.7 Å². The highest BCUT2D eigenvalue weighted by atomic mass is 19.2. The van der Waals surface area contributed by atoms with Crippen molar-refractivity contribution >= 4 is 0 Å². The van der Waals surface area contributed by atoms with Crippen LogP contribution in [-0.4, -0.2) is 20.3 Å². The number of benzene rings is 1. The van der Waals surface area contributed by atoms with Crippen molar-refractivity contribution in [3.8, 4) is 0 Å². The van der Waals surface area contributed by atoms with E-state index in [1.165, 1.54) is 7.05 Å². The van der Waals surface area contributed by atoms with E-state index in [4.69, 9.17) is 4.74 Å². The van der Waals surface area contributed by atoms with Crippen molar-refractivity contribution in [1.29, 1.82) is 0 Å². The molecule has 20 heavy (non-hydrogen) atoms. The summed E-state index contributed by atoms with van der Waals surface area (Å²) in [4.78, 5) is 0. The zero-order chi connectivity index (χ0) is 14.9. The zero-order valence-electron chi connectivity index (χ0n) is 10.8. The van der Waals surface area contributed by atoms with E-state index in [1.807, 2.05) is 0 Å². The summed E-state index contributed by atoms with van der Waals surface area (Å²) >= 11 is 0. The molecule has 1 fully saturated rings. The first-order chi connectivity index (χ1) is 9.49. The highest BCUT2D eigenvalue weighted by Crippen LogP contribution is 2.35. The Morgan fingerprint density at radius 1 is 0.900 bits per heavy atom. The van der Waals surface area contributed by atoms with Crippen LogP contribution in [0.25, 0.3) is 0 Å². The van der Waals surface area contributed by atoms with Crippen molar-refractivity contribution in [3.63, 3.8) is 0 Å². The Morgan fingerprint density at radius 2 is 1.35 bits per heavy atom. The first-order valence-corrected chi connectivity index (χ1v) is 6.25. The van der Waals surface area contributed by atoms with Gasteiger partial charge in [0.1, 0.15) is 0 Å². The van der Waals surface area contributed by atoms with E-state index in [0.29, 0.717) is 26.1 Å². The van der Waals surface area contributed by atoms with Crippen LogP contribution in [0.1, 0.15) is 24.4 Å². The van der Waals surface area contributed by atoms with Gasteiger partial charge in [-0.15, -0.1) is 0 Å². The van der Waals surface area contributed by atoms with E-state index in [2.05, 4.69) is 5.32 Å². The molecule has 1 aromatic rings. The molecule has 0 spiro atoms. The second-order valence-electron chi connectivity index (χ2n) is 4.70. The Hall–Kier alpha value is -1.21. The molecule has 1 heterocycles. The normalized spacial score (nSPS) is 18.3. The molecule has 1 atom stereocenters. The molecule has 0 aromatic heterocycles. The maximum absolute atomic E-state index is 13.8. The van der Waals surface area contributed by atoms with Gasteiger partial charge in [-0.25, -0.2) is 22.0 Å². The topological polar surface area (TPSA) is 21.3 Å². The molecule has 0 bridgehead atoms. The second-order valence-corrected chi connectivity index (χ2v) is 4.70. The van der Waals surface area contributed by atoms with Gasteiger partial charge in [0.2, 0.25) is 5.82 Å². The Kier molecular flexibility index (Phi) is 4.59. The molecule has 0 aliphatic carbocycles. The average molecular weight is 295 g/mol. The predicted molar refractivity (Wildman–Crippen MR) is 61.6 cm³/mol. The van der Waals surface area contributed by atoms with Crippen molar-refractivity contribution in [1.82, 2.24) is 5.32 Å². The average Bonchev–Trinajstić information content (AvgIpc) is 2.48. The molecule has 1 aliphatic rings. The molecule has 2 nitrogen and oxygen atoms in total. The van der Waals surface area contributed by atoms with Gasteiger partial charge in [-0.3, -0.25) is 0 Å². The smallest absolute Gasteiger partial charge is 0.200 e. The summed E-state index contributed by atoms with van der Waals surface area (Å²) in [5.74, 6) is -9.75. The van der Waals surface area contributed by atoms with Crippen LogP contribution in [0.3, 0.4) is 0 Å². The molecule has 1 aliphatic heterocycles. The number of rotatable bonds is 3. The fraction of sp³-hybridized carbons (Fsp3) is 0.538. The molecule has 112 valence electrons. The summed E-state index contributed by atoms with van der Waals surface area (Å²) < 4.78 is 72.3. The number of hydrogen-bond acceptors (Lipinski definition) is 2. The monoisotopic (exact) mass is 295 g/mol. The highest BCUT2D eigenvalue weighted by molar-refractivity contribution is 5.27. The van der Waals surface area contributed by atoms with E-state index >= 15 is 0 Å². The van der Waals surface area contributed by atoms with Crippen molar-refractivity contribution in [2.45, 2.75) is 18.9 Å². The standard InChI is InChI=1S/C13H14F5NO/c1-19-13(6-2-4-20-5-3-6)7-8(14)10(16)12(18)11(17)9(7)15/h6,13,19H,2-5H2,1H3. The third-order valence-corrected chi connectivity index (χ3v) is 3.60. The number of halogens is 5. The van der Waals surface area contributed by atoms with Crippen LogP contribution in [0.15, 0.2) is 0 Å². The lowest BCUT2D eigenvalue weighted by molar-refractivity contribution is 0.0534. The summed E-state index contributed by atoms with van der Waals surface area (Å²) in [6.07, 6.45) is 0.982. The summed E-state index contributed by atoms with van der Waals surface area (Å²) in [5.41, 5.74) is -0.796. The lowest BCUT2D eigenvalue weighted by Crippen LogP contribution is -2.32. The molecule has 2 rings (SSSR count). The Morgan fingerprint density at radius 3 is 1.80 bits per heavy atom. The Labute approximate surface area is 112 Å². The van der Waals surface area contributed by atoms with Crippen molar-refractivity contribution in [2.75, 3.05) is 20.3 Å². The molecule has 0 saturated carbocycles. The van der Waals surface area contributed by atoms with Crippen LogP contribution in [0.2, 0.25) is 0 Å². The van der Waals surface area contributed by atoms with Gasteiger partial charge in [-0.05, 0) is 25.8 Å². The van der Waals surface area contributed by atoms with Gasteiger partial charge in [0, 0.05) is 24.8 Å². The first kappa shape index (κ1) is 15.2. The Balaban J connectivity index is 2.48.